The monoisotopic (exact) mass is 750 g/mol. The van der Waals surface area contributed by atoms with Crippen LogP contribution in [0, 0.1) is 0 Å². The van der Waals surface area contributed by atoms with Crippen LogP contribution in [-0.2, 0) is 65.4 Å². The highest BCUT2D eigenvalue weighted by Crippen LogP contribution is 2.45. The molecule has 0 aromatic carbocycles. The van der Waals surface area contributed by atoms with E-state index in [1.165, 1.54) is 0 Å². The van der Waals surface area contributed by atoms with Crippen molar-refractivity contribution in [3.05, 3.63) is 0 Å². The SMILES string of the molecule is CCCCCCCCC(=O)O[C@H](COC(=O)CC)COP(=O)(O)OC[C@H](O)COP(=O)(O)OC[C@@H](COC(C)=O)OC(=O)CCCCCC. The van der Waals surface area contributed by atoms with Crippen LogP contribution < -0.4 is 0 Å². The summed E-state index contributed by atoms with van der Waals surface area (Å²) in [5, 5.41) is 10.1. The smallest absolute Gasteiger partial charge is 0.462 e. The van der Waals surface area contributed by atoms with E-state index in [9.17, 15) is 43.2 Å². The standard InChI is InChI=1S/C30H56O17P2/c1-5-8-10-12-13-15-17-30(35)47-27(21-41-28(33)7-3)23-45-49(38,39)43-19-25(32)18-42-48(36,37)44-22-26(20-40-24(4)31)46-29(34)16-14-11-9-6-2/h25-27,32H,5-23H2,1-4H3,(H,36,37)(H,38,39)/t25-,26-,27-/m1/s1. The fourth-order valence-electron chi connectivity index (χ4n) is 3.80. The van der Waals surface area contributed by atoms with Crippen molar-refractivity contribution in [3.63, 3.8) is 0 Å². The third kappa shape index (κ3) is 28.5. The Balaban J connectivity index is 4.82. The molecule has 0 aliphatic heterocycles. The summed E-state index contributed by atoms with van der Waals surface area (Å²) in [4.78, 5) is 67.2. The molecule has 49 heavy (non-hydrogen) atoms. The summed E-state index contributed by atoms with van der Waals surface area (Å²) >= 11 is 0. The number of phosphoric acid groups is 2. The molecule has 0 heterocycles. The minimum absolute atomic E-state index is 0.0498. The highest BCUT2D eigenvalue weighted by Gasteiger charge is 2.30. The van der Waals surface area contributed by atoms with Crippen molar-refractivity contribution < 1.29 is 80.2 Å². The predicted molar refractivity (Wildman–Crippen MR) is 174 cm³/mol. The Morgan fingerprint density at radius 3 is 1.37 bits per heavy atom. The molecule has 0 aliphatic carbocycles. The van der Waals surface area contributed by atoms with Gasteiger partial charge in [-0.15, -0.1) is 0 Å². The number of rotatable bonds is 31. The molecule has 17 nitrogen and oxygen atoms in total. The van der Waals surface area contributed by atoms with Gasteiger partial charge in [-0.1, -0.05) is 72.1 Å². The number of ether oxygens (including phenoxy) is 4. The Morgan fingerprint density at radius 2 is 0.939 bits per heavy atom. The first-order valence-corrected chi connectivity index (χ1v) is 19.7. The normalized spacial score (nSPS) is 15.7. The van der Waals surface area contributed by atoms with Gasteiger partial charge in [0.15, 0.2) is 12.2 Å². The van der Waals surface area contributed by atoms with Gasteiger partial charge in [0.05, 0.1) is 26.4 Å². The van der Waals surface area contributed by atoms with E-state index in [2.05, 4.69) is 11.4 Å². The largest absolute Gasteiger partial charge is 0.472 e. The molecule has 0 spiro atoms. The molecule has 0 fully saturated rings. The molecular formula is C30H56O17P2. The van der Waals surface area contributed by atoms with Crippen LogP contribution in [0.3, 0.4) is 0 Å². The van der Waals surface area contributed by atoms with Gasteiger partial charge in [0.1, 0.15) is 19.3 Å². The van der Waals surface area contributed by atoms with Crippen LogP contribution >= 0.6 is 15.6 Å². The van der Waals surface area contributed by atoms with E-state index in [1.54, 1.807) is 6.92 Å². The van der Waals surface area contributed by atoms with Crippen molar-refractivity contribution in [2.45, 2.75) is 129 Å². The topological polar surface area (TPSA) is 237 Å². The summed E-state index contributed by atoms with van der Waals surface area (Å²) in [6.45, 7) is 2.74. The molecule has 3 N–H and O–H groups in total. The van der Waals surface area contributed by atoms with Crippen molar-refractivity contribution >= 4 is 39.5 Å². The van der Waals surface area contributed by atoms with Crippen molar-refractivity contribution in [2.75, 3.05) is 39.6 Å². The predicted octanol–water partition coefficient (Wildman–Crippen LogP) is 4.68. The van der Waals surface area contributed by atoms with Crippen LogP contribution in [0.2, 0.25) is 0 Å². The number of phosphoric ester groups is 2. The van der Waals surface area contributed by atoms with Crippen molar-refractivity contribution in [3.8, 4) is 0 Å². The Hall–Kier alpha value is -1.94. The summed E-state index contributed by atoms with van der Waals surface area (Å²) < 4.78 is 64.0. The van der Waals surface area contributed by atoms with Crippen LogP contribution in [0.25, 0.3) is 0 Å². The number of carbonyl (C=O) groups excluding carboxylic acids is 4. The van der Waals surface area contributed by atoms with E-state index in [1.807, 2.05) is 6.92 Å². The second-order valence-electron chi connectivity index (χ2n) is 11.2. The van der Waals surface area contributed by atoms with E-state index >= 15 is 0 Å². The van der Waals surface area contributed by atoms with Gasteiger partial charge in [0.25, 0.3) is 0 Å². The maximum absolute atomic E-state index is 12.4. The Bertz CT molecular complexity index is 1040. The first-order valence-electron chi connectivity index (χ1n) is 16.7. The molecule has 0 aromatic heterocycles. The molecule has 2 unspecified atom stereocenters. The number of aliphatic hydroxyl groups excluding tert-OH is 1. The number of esters is 4. The Labute approximate surface area is 288 Å². The third-order valence-corrected chi connectivity index (χ3v) is 8.37. The van der Waals surface area contributed by atoms with Gasteiger partial charge >= 0.3 is 39.5 Å². The number of hydrogen-bond donors (Lipinski definition) is 3. The minimum atomic E-state index is -4.87. The molecule has 0 bridgehead atoms. The van der Waals surface area contributed by atoms with E-state index < -0.39 is 97.5 Å². The molecule has 0 amide bonds. The lowest BCUT2D eigenvalue weighted by atomic mass is 10.1. The molecule has 288 valence electrons. The zero-order valence-electron chi connectivity index (χ0n) is 29.1. The van der Waals surface area contributed by atoms with Crippen LogP contribution in [0.4, 0.5) is 0 Å². The zero-order valence-corrected chi connectivity index (χ0v) is 30.9. The molecule has 0 aliphatic rings. The van der Waals surface area contributed by atoms with Gasteiger partial charge in [0.2, 0.25) is 0 Å². The fourth-order valence-corrected chi connectivity index (χ4v) is 5.38. The lowest BCUT2D eigenvalue weighted by Gasteiger charge is -2.21. The van der Waals surface area contributed by atoms with Crippen LogP contribution in [0.15, 0.2) is 0 Å². The summed E-state index contributed by atoms with van der Waals surface area (Å²) in [6, 6.07) is 0. The average molecular weight is 751 g/mol. The van der Waals surface area contributed by atoms with E-state index in [0.29, 0.717) is 12.8 Å². The first kappa shape index (κ1) is 47.1. The molecule has 5 atom stereocenters. The van der Waals surface area contributed by atoms with Gasteiger partial charge in [-0.2, -0.15) is 0 Å². The number of carbonyl (C=O) groups is 4. The van der Waals surface area contributed by atoms with Gasteiger partial charge < -0.3 is 33.8 Å². The van der Waals surface area contributed by atoms with Gasteiger partial charge in [-0.05, 0) is 12.8 Å². The van der Waals surface area contributed by atoms with Crippen molar-refractivity contribution in [1.29, 1.82) is 0 Å². The minimum Gasteiger partial charge on any atom is -0.462 e. The van der Waals surface area contributed by atoms with Gasteiger partial charge in [-0.3, -0.25) is 37.3 Å². The first-order chi connectivity index (χ1) is 23.1. The summed E-state index contributed by atoms with van der Waals surface area (Å²) in [6.07, 6.45) is 5.01. The summed E-state index contributed by atoms with van der Waals surface area (Å²) in [7, 11) is -9.73. The van der Waals surface area contributed by atoms with Gasteiger partial charge in [-0.25, -0.2) is 9.13 Å². The average Bonchev–Trinajstić information content (AvgIpc) is 3.05. The second-order valence-corrected chi connectivity index (χ2v) is 14.1. The Morgan fingerprint density at radius 1 is 0.551 bits per heavy atom. The highest BCUT2D eigenvalue weighted by molar-refractivity contribution is 7.47. The molecule has 0 rings (SSSR count). The molecule has 0 saturated heterocycles. The summed E-state index contributed by atoms with van der Waals surface area (Å²) in [5.74, 6) is -2.49. The quantitative estimate of drug-likeness (QED) is 0.0377. The van der Waals surface area contributed by atoms with Crippen molar-refractivity contribution in [1.82, 2.24) is 0 Å². The summed E-state index contributed by atoms with van der Waals surface area (Å²) in [5.41, 5.74) is 0. The number of aliphatic hydroxyl groups is 1. The van der Waals surface area contributed by atoms with Crippen LogP contribution in [0.1, 0.15) is 111 Å². The van der Waals surface area contributed by atoms with Crippen LogP contribution in [-0.4, -0.2) is 96.7 Å². The zero-order chi connectivity index (χ0) is 37.1. The molecule has 0 radical (unpaired) electrons. The Kier molecular flexibility index (Phi) is 26.6. The maximum Gasteiger partial charge on any atom is 0.472 e. The lowest BCUT2D eigenvalue weighted by Crippen LogP contribution is -2.30. The number of hydrogen-bond acceptors (Lipinski definition) is 15. The molecule has 19 heteroatoms. The molecular weight excluding hydrogens is 694 g/mol. The van der Waals surface area contributed by atoms with E-state index in [0.717, 1.165) is 58.3 Å². The molecule has 0 aromatic rings. The van der Waals surface area contributed by atoms with E-state index in [4.69, 9.17) is 32.5 Å². The molecule has 0 saturated carbocycles. The number of unbranched alkanes of at least 4 members (excludes halogenated alkanes) is 8. The third-order valence-electron chi connectivity index (χ3n) is 6.46. The van der Waals surface area contributed by atoms with Gasteiger partial charge in [0, 0.05) is 26.2 Å². The lowest BCUT2D eigenvalue weighted by molar-refractivity contribution is -0.161. The van der Waals surface area contributed by atoms with Crippen LogP contribution in [0.5, 0.6) is 0 Å². The van der Waals surface area contributed by atoms with Crippen molar-refractivity contribution in [2.24, 2.45) is 0 Å². The second kappa shape index (κ2) is 27.7. The fraction of sp³-hybridized carbons (Fsp3) is 0.867. The van der Waals surface area contributed by atoms with E-state index in [-0.39, 0.29) is 19.3 Å². The highest BCUT2D eigenvalue weighted by atomic mass is 31.2. The maximum atomic E-state index is 12.4.